The first-order valence-corrected chi connectivity index (χ1v) is 18.3. The van der Waals surface area contributed by atoms with E-state index in [1.165, 1.54) is 6.92 Å². The summed E-state index contributed by atoms with van der Waals surface area (Å²) in [7, 11) is -0.579. The third kappa shape index (κ3) is 9.11. The highest BCUT2D eigenvalue weighted by atomic mass is 35.5. The molecule has 256 valence electrons. The van der Waals surface area contributed by atoms with Crippen molar-refractivity contribution < 1.29 is 27.4 Å². The minimum Gasteiger partial charge on any atom is -0.487 e. The number of halogens is 1. The number of allylic oxidation sites excluding steroid dienone is 1. The van der Waals surface area contributed by atoms with Crippen molar-refractivity contribution in [3.05, 3.63) is 69.6 Å². The van der Waals surface area contributed by atoms with Crippen LogP contribution in [0.25, 0.3) is 0 Å². The fourth-order valence-electron chi connectivity index (χ4n) is 6.53. The number of hydrogen-bond donors (Lipinski definition) is 1. The van der Waals surface area contributed by atoms with Crippen molar-refractivity contribution in [2.45, 2.75) is 77.9 Å². The first-order chi connectivity index (χ1) is 22.4. The van der Waals surface area contributed by atoms with Gasteiger partial charge in [0.2, 0.25) is 0 Å². The van der Waals surface area contributed by atoms with Crippen LogP contribution in [0.1, 0.15) is 80.8 Å². The topological polar surface area (TPSA) is 94.2 Å². The van der Waals surface area contributed by atoms with Gasteiger partial charge in [-0.25, -0.2) is 13.1 Å². The van der Waals surface area contributed by atoms with Gasteiger partial charge in [-0.1, -0.05) is 56.4 Å². The normalized spacial score (nSPS) is 20.0. The van der Waals surface area contributed by atoms with Crippen LogP contribution in [0.4, 0.5) is 5.69 Å². The number of methoxy groups -OCH3 is 2. The van der Waals surface area contributed by atoms with E-state index in [-0.39, 0.29) is 22.3 Å². The lowest BCUT2D eigenvalue weighted by Gasteiger charge is -2.49. The van der Waals surface area contributed by atoms with Crippen LogP contribution in [0, 0.1) is 29.6 Å². The van der Waals surface area contributed by atoms with Gasteiger partial charge in [0, 0.05) is 43.8 Å². The van der Waals surface area contributed by atoms with Crippen LogP contribution in [0.2, 0.25) is 5.02 Å². The molecule has 1 N–H and O–H groups in total. The zero-order valence-electron chi connectivity index (χ0n) is 28.4. The Morgan fingerprint density at radius 2 is 1.98 bits per heavy atom. The van der Waals surface area contributed by atoms with Gasteiger partial charge in [-0.05, 0) is 98.7 Å². The fraction of sp³-hybridized carbons (Fsp3) is 0.541. The number of benzene rings is 2. The summed E-state index contributed by atoms with van der Waals surface area (Å²) in [5.74, 6) is 7.54. The summed E-state index contributed by atoms with van der Waals surface area (Å²) in [5, 5.41) is 0.699. The number of amides is 1. The maximum atomic E-state index is 13.2. The molecule has 0 spiro atoms. The van der Waals surface area contributed by atoms with Crippen LogP contribution >= 0.6 is 11.6 Å². The van der Waals surface area contributed by atoms with Crippen LogP contribution in [0.3, 0.4) is 0 Å². The van der Waals surface area contributed by atoms with Crippen LogP contribution in [-0.4, -0.2) is 53.8 Å². The molecule has 1 unspecified atom stereocenters. The molecule has 1 aliphatic carbocycles. The number of carbonyl (C=O) groups excluding carboxylic acids is 1. The van der Waals surface area contributed by atoms with Gasteiger partial charge in [0.15, 0.2) is 0 Å². The van der Waals surface area contributed by atoms with Crippen LogP contribution in [0.15, 0.2) is 47.9 Å². The Labute approximate surface area is 286 Å². The highest BCUT2D eigenvalue weighted by Crippen LogP contribution is 2.47. The van der Waals surface area contributed by atoms with Crippen molar-refractivity contribution in [1.82, 2.24) is 4.72 Å². The highest BCUT2D eigenvalue weighted by molar-refractivity contribution is 7.93. The maximum Gasteiger partial charge on any atom is 0.265 e. The zero-order valence-corrected chi connectivity index (χ0v) is 29.9. The summed E-state index contributed by atoms with van der Waals surface area (Å²) in [5.41, 5.74) is 2.61. The molecule has 1 aliphatic heterocycles. The van der Waals surface area contributed by atoms with Crippen LogP contribution in [0.5, 0.6) is 5.75 Å². The summed E-state index contributed by atoms with van der Waals surface area (Å²) >= 11 is 6.35. The van der Waals surface area contributed by atoms with Gasteiger partial charge in [0.05, 0.1) is 10.6 Å². The summed E-state index contributed by atoms with van der Waals surface area (Å²) in [6.45, 7) is 11.4. The Kier molecular flexibility index (Phi) is 12.8. The predicted molar refractivity (Wildman–Crippen MR) is 188 cm³/mol. The van der Waals surface area contributed by atoms with E-state index in [2.05, 4.69) is 41.9 Å². The molecule has 2 aromatic carbocycles. The third-order valence-electron chi connectivity index (χ3n) is 9.62. The summed E-state index contributed by atoms with van der Waals surface area (Å²) in [4.78, 5) is 15.4. The van der Waals surface area contributed by atoms with Crippen molar-refractivity contribution in [3.8, 4) is 17.6 Å². The molecule has 47 heavy (non-hydrogen) atoms. The average molecular weight is 685 g/mol. The average Bonchev–Trinajstić information content (AvgIpc) is 3.05. The molecule has 2 aromatic rings. The standard InChI is InChI=1S/C37H49ClN2O6S/c1-7-27(4)23-37(45-6,18-10-20-44-5)33-16-13-30(33)24-40-19-9-8-11-28-21-32(38)15-12-31(28)25-46-35-17-14-29(22-34(35)40)36(41)39-47(42,43)26(2)3/h12,14-15,17,21-22,27,30,33H,2,7-9,11,13,16,19-20,23-25H2,1,3-6H3,(H,39,41)/t27?,30-,33+,37-/m0/s1. The minimum atomic E-state index is -3.99. The Morgan fingerprint density at radius 3 is 2.64 bits per heavy atom. The van der Waals surface area contributed by atoms with Crippen molar-refractivity contribution in [1.29, 1.82) is 0 Å². The highest BCUT2D eigenvalue weighted by Gasteiger charge is 2.48. The van der Waals surface area contributed by atoms with Gasteiger partial charge in [0.25, 0.3) is 15.9 Å². The van der Waals surface area contributed by atoms with Gasteiger partial charge in [-0.3, -0.25) is 4.79 Å². The molecule has 1 saturated carbocycles. The molecular formula is C37H49ClN2O6S. The number of sulfonamides is 1. The molecule has 4 atom stereocenters. The van der Waals surface area contributed by atoms with Crippen molar-refractivity contribution in [3.63, 3.8) is 0 Å². The molecule has 0 saturated heterocycles. The Morgan fingerprint density at radius 1 is 1.19 bits per heavy atom. The number of hydrogen-bond acceptors (Lipinski definition) is 7. The fourth-order valence-corrected chi connectivity index (χ4v) is 7.26. The SMILES string of the molecule is C=C(C)S(=O)(=O)NC(=O)c1ccc2c(c1)N(C[C@@H]1CC[C@H]1[C@](C#CCOC)(CC(C)CC)OC)CCCCc1cc(Cl)ccc1CO2. The first kappa shape index (κ1) is 36.8. The van der Waals surface area contributed by atoms with E-state index in [0.717, 1.165) is 68.3 Å². The second-order valence-electron chi connectivity index (χ2n) is 12.9. The van der Waals surface area contributed by atoms with E-state index >= 15 is 0 Å². The zero-order chi connectivity index (χ0) is 34.2. The van der Waals surface area contributed by atoms with Crippen molar-refractivity contribution in [2.75, 3.05) is 38.8 Å². The predicted octanol–water partition coefficient (Wildman–Crippen LogP) is 7.15. The molecule has 1 amide bonds. The van der Waals surface area contributed by atoms with E-state index in [1.807, 2.05) is 18.2 Å². The minimum absolute atomic E-state index is 0.131. The number of nitrogens with zero attached hydrogens (tertiary/aromatic N) is 1. The summed E-state index contributed by atoms with van der Waals surface area (Å²) < 4.78 is 45.1. The molecule has 1 fully saturated rings. The molecule has 10 heteroatoms. The number of nitrogens with one attached hydrogen (secondary N) is 1. The van der Waals surface area contributed by atoms with Gasteiger partial charge in [0.1, 0.15) is 24.6 Å². The third-order valence-corrected chi connectivity index (χ3v) is 11.2. The number of ether oxygens (including phenoxy) is 3. The number of anilines is 1. The lowest BCUT2D eigenvalue weighted by molar-refractivity contribution is -0.0803. The Bertz CT molecular complexity index is 1600. The number of fused-ring (bicyclic) bond motifs is 2. The van der Waals surface area contributed by atoms with E-state index in [9.17, 15) is 13.2 Å². The Balaban J connectivity index is 1.72. The molecule has 0 aromatic heterocycles. The molecular weight excluding hydrogens is 636 g/mol. The first-order valence-electron chi connectivity index (χ1n) is 16.5. The monoisotopic (exact) mass is 684 g/mol. The van der Waals surface area contributed by atoms with E-state index in [4.69, 9.17) is 25.8 Å². The second-order valence-corrected chi connectivity index (χ2v) is 15.3. The van der Waals surface area contributed by atoms with E-state index in [0.29, 0.717) is 36.4 Å². The molecule has 8 nitrogen and oxygen atoms in total. The lowest BCUT2D eigenvalue weighted by atomic mass is 9.62. The quantitative estimate of drug-likeness (QED) is 0.251. The van der Waals surface area contributed by atoms with Crippen molar-refractivity contribution in [2.24, 2.45) is 17.8 Å². The molecule has 0 bridgehead atoms. The number of rotatable bonds is 11. The summed E-state index contributed by atoms with van der Waals surface area (Å²) in [6.07, 6.45) is 6.62. The molecule has 4 rings (SSSR count). The lowest BCUT2D eigenvalue weighted by Crippen LogP contribution is -2.52. The smallest absolute Gasteiger partial charge is 0.265 e. The second kappa shape index (κ2) is 16.4. The van der Waals surface area contributed by atoms with Gasteiger partial charge in [-0.2, -0.15) is 0 Å². The van der Waals surface area contributed by atoms with Crippen LogP contribution < -0.4 is 14.4 Å². The van der Waals surface area contributed by atoms with Gasteiger partial charge < -0.3 is 19.1 Å². The molecule has 1 heterocycles. The van der Waals surface area contributed by atoms with E-state index in [1.54, 1.807) is 32.4 Å². The van der Waals surface area contributed by atoms with Gasteiger partial charge >= 0.3 is 0 Å². The summed E-state index contributed by atoms with van der Waals surface area (Å²) in [6, 6.07) is 11.0. The molecule has 0 radical (unpaired) electrons. The maximum absolute atomic E-state index is 13.2. The number of carbonyl (C=O) groups is 1. The van der Waals surface area contributed by atoms with Crippen LogP contribution in [-0.2, 0) is 32.5 Å². The van der Waals surface area contributed by atoms with Gasteiger partial charge in [-0.15, -0.1) is 0 Å². The molecule has 2 aliphatic rings. The van der Waals surface area contributed by atoms with E-state index < -0.39 is 21.5 Å². The van der Waals surface area contributed by atoms with Crippen molar-refractivity contribution >= 4 is 33.2 Å². The Hall–Kier alpha value is -3.03. The number of aryl methyl sites for hydroxylation is 1. The largest absolute Gasteiger partial charge is 0.487 e.